The standard InChI is InChI=1S/C14H20N2O3/c1-9(2)8-11(15)13(17)16-12(14(18)19)10-6-4-3-5-7-10/h3-7,9,11-12H,8,15H2,1-2H3,(H,16,17)(H,18,19)/t11-,12?/m1/s1. The lowest BCUT2D eigenvalue weighted by Crippen LogP contribution is -2.44. The van der Waals surface area contributed by atoms with Crippen molar-refractivity contribution in [1.82, 2.24) is 5.32 Å². The van der Waals surface area contributed by atoms with E-state index in [1.165, 1.54) is 0 Å². The normalized spacial score (nSPS) is 13.9. The smallest absolute Gasteiger partial charge is 0.330 e. The van der Waals surface area contributed by atoms with Crippen LogP contribution >= 0.6 is 0 Å². The quantitative estimate of drug-likeness (QED) is 0.722. The van der Waals surface area contributed by atoms with Gasteiger partial charge in [0.05, 0.1) is 6.04 Å². The summed E-state index contributed by atoms with van der Waals surface area (Å²) in [6, 6.07) is 6.81. The fourth-order valence-corrected chi connectivity index (χ4v) is 1.80. The van der Waals surface area contributed by atoms with Crippen molar-refractivity contribution in [3.05, 3.63) is 35.9 Å². The summed E-state index contributed by atoms with van der Waals surface area (Å²) in [6.45, 7) is 3.91. The van der Waals surface area contributed by atoms with Crippen LogP contribution in [0.3, 0.4) is 0 Å². The number of aliphatic carboxylic acids is 1. The second kappa shape index (κ2) is 6.89. The maximum Gasteiger partial charge on any atom is 0.330 e. The molecule has 0 aromatic heterocycles. The van der Waals surface area contributed by atoms with Gasteiger partial charge in [0.25, 0.3) is 0 Å². The first-order valence-electron chi connectivity index (χ1n) is 6.25. The Bertz CT molecular complexity index is 432. The number of nitrogens with two attached hydrogens (primary N) is 1. The minimum Gasteiger partial charge on any atom is -0.479 e. The van der Waals surface area contributed by atoms with E-state index in [0.29, 0.717) is 12.0 Å². The van der Waals surface area contributed by atoms with Gasteiger partial charge in [-0.3, -0.25) is 4.79 Å². The average molecular weight is 264 g/mol. The molecule has 0 fully saturated rings. The molecule has 104 valence electrons. The van der Waals surface area contributed by atoms with Gasteiger partial charge in [-0.15, -0.1) is 0 Å². The van der Waals surface area contributed by atoms with Crippen LogP contribution in [0.1, 0.15) is 31.9 Å². The summed E-state index contributed by atoms with van der Waals surface area (Å²) in [6.07, 6.45) is 0.521. The highest BCUT2D eigenvalue weighted by atomic mass is 16.4. The molecular formula is C14H20N2O3. The van der Waals surface area contributed by atoms with Gasteiger partial charge in [-0.25, -0.2) is 4.79 Å². The Balaban J connectivity index is 2.75. The molecule has 0 saturated heterocycles. The van der Waals surface area contributed by atoms with Crippen LogP contribution in [-0.2, 0) is 9.59 Å². The number of carboxylic acids is 1. The molecule has 0 heterocycles. The molecule has 1 aromatic carbocycles. The number of carbonyl (C=O) groups is 2. The molecule has 1 rings (SSSR count). The lowest BCUT2D eigenvalue weighted by Gasteiger charge is -2.19. The van der Waals surface area contributed by atoms with E-state index < -0.39 is 24.0 Å². The van der Waals surface area contributed by atoms with Crippen LogP contribution in [0, 0.1) is 5.92 Å². The van der Waals surface area contributed by atoms with Gasteiger partial charge < -0.3 is 16.2 Å². The number of rotatable bonds is 6. The van der Waals surface area contributed by atoms with Gasteiger partial charge in [-0.2, -0.15) is 0 Å². The first kappa shape index (κ1) is 15.2. The Kier molecular flexibility index (Phi) is 5.51. The van der Waals surface area contributed by atoms with E-state index in [-0.39, 0.29) is 5.92 Å². The fraction of sp³-hybridized carbons (Fsp3) is 0.429. The predicted molar refractivity (Wildman–Crippen MR) is 72.4 cm³/mol. The van der Waals surface area contributed by atoms with Gasteiger partial charge in [-0.1, -0.05) is 44.2 Å². The first-order chi connectivity index (χ1) is 8.91. The monoisotopic (exact) mass is 264 g/mol. The van der Waals surface area contributed by atoms with Crippen molar-refractivity contribution in [2.75, 3.05) is 0 Å². The molecule has 5 heteroatoms. The van der Waals surface area contributed by atoms with Gasteiger partial charge >= 0.3 is 5.97 Å². The van der Waals surface area contributed by atoms with E-state index in [0.717, 1.165) is 0 Å². The third-order valence-electron chi connectivity index (χ3n) is 2.73. The largest absolute Gasteiger partial charge is 0.479 e. The third kappa shape index (κ3) is 4.71. The summed E-state index contributed by atoms with van der Waals surface area (Å²) in [5, 5.41) is 11.7. The van der Waals surface area contributed by atoms with Crippen molar-refractivity contribution >= 4 is 11.9 Å². The summed E-state index contributed by atoms with van der Waals surface area (Å²) in [7, 11) is 0. The zero-order valence-electron chi connectivity index (χ0n) is 11.2. The zero-order valence-corrected chi connectivity index (χ0v) is 11.2. The van der Waals surface area contributed by atoms with Crippen molar-refractivity contribution in [1.29, 1.82) is 0 Å². The van der Waals surface area contributed by atoms with E-state index in [1.54, 1.807) is 30.3 Å². The van der Waals surface area contributed by atoms with Crippen molar-refractivity contribution in [2.24, 2.45) is 11.7 Å². The molecule has 5 nitrogen and oxygen atoms in total. The highest BCUT2D eigenvalue weighted by molar-refractivity contribution is 5.87. The number of carbonyl (C=O) groups excluding carboxylic acids is 1. The zero-order chi connectivity index (χ0) is 14.4. The number of nitrogens with one attached hydrogen (secondary N) is 1. The van der Waals surface area contributed by atoms with Crippen LogP contribution in [0.2, 0.25) is 0 Å². The van der Waals surface area contributed by atoms with Gasteiger partial charge in [0.2, 0.25) is 5.91 Å². The van der Waals surface area contributed by atoms with Crippen LogP contribution in [0.5, 0.6) is 0 Å². The molecule has 1 unspecified atom stereocenters. The molecule has 0 aliphatic rings. The number of carboxylic acid groups (broad SMARTS) is 1. The van der Waals surface area contributed by atoms with Crippen molar-refractivity contribution in [3.63, 3.8) is 0 Å². The van der Waals surface area contributed by atoms with E-state index >= 15 is 0 Å². The SMILES string of the molecule is CC(C)C[C@@H](N)C(=O)NC(C(=O)O)c1ccccc1. The Morgan fingerprint density at radius 1 is 1.26 bits per heavy atom. The van der Waals surface area contributed by atoms with Crippen LogP contribution < -0.4 is 11.1 Å². The van der Waals surface area contributed by atoms with Crippen LogP contribution in [0.4, 0.5) is 0 Å². The average Bonchev–Trinajstić information content (AvgIpc) is 2.35. The topological polar surface area (TPSA) is 92.4 Å². The Morgan fingerprint density at radius 3 is 2.32 bits per heavy atom. The molecule has 0 bridgehead atoms. The van der Waals surface area contributed by atoms with Crippen LogP contribution in [0.25, 0.3) is 0 Å². The molecule has 4 N–H and O–H groups in total. The van der Waals surface area contributed by atoms with Crippen molar-refractivity contribution in [2.45, 2.75) is 32.4 Å². The summed E-state index contributed by atoms with van der Waals surface area (Å²) in [4.78, 5) is 23.1. The molecule has 19 heavy (non-hydrogen) atoms. The van der Waals surface area contributed by atoms with Gasteiger partial charge in [0, 0.05) is 0 Å². The lowest BCUT2D eigenvalue weighted by molar-refractivity contribution is -0.142. The van der Waals surface area contributed by atoms with Crippen molar-refractivity contribution in [3.8, 4) is 0 Å². The minimum atomic E-state index is -1.10. The van der Waals surface area contributed by atoms with E-state index in [2.05, 4.69) is 5.32 Å². The second-order valence-corrected chi connectivity index (χ2v) is 4.93. The molecule has 0 aliphatic carbocycles. The molecular weight excluding hydrogens is 244 g/mol. The van der Waals surface area contributed by atoms with Crippen LogP contribution in [-0.4, -0.2) is 23.0 Å². The molecule has 0 aliphatic heterocycles. The number of hydrogen-bond acceptors (Lipinski definition) is 3. The van der Waals surface area contributed by atoms with E-state index in [1.807, 2.05) is 13.8 Å². The molecule has 0 saturated carbocycles. The van der Waals surface area contributed by atoms with E-state index in [4.69, 9.17) is 5.73 Å². The predicted octanol–water partition coefficient (Wildman–Crippen LogP) is 1.30. The minimum absolute atomic E-state index is 0.278. The first-order valence-corrected chi connectivity index (χ1v) is 6.25. The summed E-state index contributed by atoms with van der Waals surface area (Å²) < 4.78 is 0. The number of amides is 1. The van der Waals surface area contributed by atoms with E-state index in [9.17, 15) is 14.7 Å². The molecule has 2 atom stereocenters. The maximum absolute atomic E-state index is 11.9. The fourth-order valence-electron chi connectivity index (χ4n) is 1.80. The summed E-state index contributed by atoms with van der Waals surface area (Å²) >= 11 is 0. The summed E-state index contributed by atoms with van der Waals surface area (Å²) in [5.74, 6) is -1.26. The Labute approximate surface area is 112 Å². The Morgan fingerprint density at radius 2 is 1.84 bits per heavy atom. The second-order valence-electron chi connectivity index (χ2n) is 4.93. The van der Waals surface area contributed by atoms with Gasteiger partial charge in [0.1, 0.15) is 0 Å². The number of benzene rings is 1. The maximum atomic E-state index is 11.9. The molecule has 1 amide bonds. The van der Waals surface area contributed by atoms with Gasteiger partial charge in [-0.05, 0) is 17.9 Å². The summed E-state index contributed by atoms with van der Waals surface area (Å²) in [5.41, 5.74) is 6.27. The Hall–Kier alpha value is -1.88. The molecule has 0 radical (unpaired) electrons. The highest BCUT2D eigenvalue weighted by Gasteiger charge is 2.24. The molecule has 0 spiro atoms. The third-order valence-corrected chi connectivity index (χ3v) is 2.73. The number of hydrogen-bond donors (Lipinski definition) is 3. The molecule has 1 aromatic rings. The van der Waals surface area contributed by atoms with Crippen molar-refractivity contribution < 1.29 is 14.7 Å². The van der Waals surface area contributed by atoms with Gasteiger partial charge in [0.15, 0.2) is 6.04 Å². The van der Waals surface area contributed by atoms with Crippen LogP contribution in [0.15, 0.2) is 30.3 Å². The highest BCUT2D eigenvalue weighted by Crippen LogP contribution is 2.13. The lowest BCUT2D eigenvalue weighted by atomic mass is 10.0.